The molecule has 0 aliphatic carbocycles. The molecule has 0 heterocycles. The molecule has 0 radical (unpaired) electrons. The van der Waals surface area contributed by atoms with Gasteiger partial charge in [-0.2, -0.15) is 0 Å². The highest BCUT2D eigenvalue weighted by molar-refractivity contribution is 6.30. The van der Waals surface area contributed by atoms with E-state index in [-0.39, 0.29) is 18.9 Å². The average Bonchev–Trinajstić information content (AvgIpc) is 2.76. The van der Waals surface area contributed by atoms with Crippen molar-refractivity contribution in [3.63, 3.8) is 0 Å². The number of hydrogen-bond donors (Lipinski definition) is 2. The van der Waals surface area contributed by atoms with Crippen LogP contribution in [0.2, 0.25) is 5.02 Å². The van der Waals surface area contributed by atoms with E-state index in [0.717, 1.165) is 11.1 Å². The zero-order valence-electron chi connectivity index (χ0n) is 17.8. The van der Waals surface area contributed by atoms with Gasteiger partial charge in [-0.3, -0.25) is 4.79 Å². The molecule has 2 aromatic carbocycles. The lowest BCUT2D eigenvalue weighted by atomic mass is 10.0. The Balaban J connectivity index is 2.00. The molecule has 0 aliphatic heterocycles. The summed E-state index contributed by atoms with van der Waals surface area (Å²) in [4.78, 5) is 37.3. The summed E-state index contributed by atoms with van der Waals surface area (Å²) in [6.07, 6.45) is -0.496. The lowest BCUT2D eigenvalue weighted by molar-refractivity contribution is -0.145. The highest BCUT2D eigenvalue weighted by Gasteiger charge is 2.29. The maximum absolute atomic E-state index is 12.9. The fourth-order valence-corrected chi connectivity index (χ4v) is 3.01. The van der Waals surface area contributed by atoms with Gasteiger partial charge in [-0.25, -0.2) is 9.59 Å². The van der Waals surface area contributed by atoms with Crippen molar-refractivity contribution in [1.29, 1.82) is 0 Å². The van der Waals surface area contributed by atoms with Crippen molar-refractivity contribution < 1.29 is 23.9 Å². The van der Waals surface area contributed by atoms with E-state index in [2.05, 4.69) is 10.6 Å². The summed E-state index contributed by atoms with van der Waals surface area (Å²) in [5.41, 5.74) is 1.63. The first-order valence-electron chi connectivity index (χ1n) is 9.90. The Labute approximate surface area is 187 Å². The van der Waals surface area contributed by atoms with Crippen LogP contribution in [0.1, 0.15) is 25.0 Å². The number of halogens is 1. The second kappa shape index (κ2) is 12.0. The zero-order valence-corrected chi connectivity index (χ0v) is 18.5. The van der Waals surface area contributed by atoms with Gasteiger partial charge in [0, 0.05) is 11.4 Å². The van der Waals surface area contributed by atoms with E-state index in [9.17, 15) is 14.4 Å². The van der Waals surface area contributed by atoms with Crippen LogP contribution in [0.5, 0.6) is 0 Å². The topological polar surface area (TPSA) is 93.7 Å². The molecule has 2 rings (SSSR count). The Morgan fingerprint density at radius 3 is 2.16 bits per heavy atom. The number of carbonyl (C=O) groups is 3. The van der Waals surface area contributed by atoms with Crippen molar-refractivity contribution >= 4 is 29.6 Å². The third kappa shape index (κ3) is 7.94. The molecule has 2 atom stereocenters. The lowest BCUT2D eigenvalue weighted by Crippen LogP contribution is -2.54. The Bertz CT molecular complexity index is 871. The van der Waals surface area contributed by atoms with E-state index in [0.29, 0.717) is 5.02 Å². The van der Waals surface area contributed by atoms with Gasteiger partial charge in [-0.1, -0.05) is 67.9 Å². The van der Waals surface area contributed by atoms with Crippen LogP contribution < -0.4 is 10.6 Å². The maximum Gasteiger partial charge on any atom is 0.408 e. The quantitative estimate of drug-likeness (QED) is 0.575. The molecule has 0 saturated carbocycles. The van der Waals surface area contributed by atoms with Crippen molar-refractivity contribution in [3.8, 4) is 0 Å². The van der Waals surface area contributed by atoms with Gasteiger partial charge in [-0.15, -0.1) is 0 Å². The predicted molar refractivity (Wildman–Crippen MR) is 117 cm³/mol. The summed E-state index contributed by atoms with van der Waals surface area (Å²) < 4.78 is 10.0. The summed E-state index contributed by atoms with van der Waals surface area (Å²) in [5.74, 6) is -1.33. The molecular formula is C23H27ClN2O5. The van der Waals surface area contributed by atoms with E-state index >= 15 is 0 Å². The molecule has 0 bridgehead atoms. The lowest BCUT2D eigenvalue weighted by Gasteiger charge is -2.24. The first-order chi connectivity index (χ1) is 14.8. The van der Waals surface area contributed by atoms with Gasteiger partial charge in [-0.05, 0) is 29.2 Å². The number of alkyl carbamates (subject to hydrolysis) is 1. The first-order valence-corrected chi connectivity index (χ1v) is 10.3. The predicted octanol–water partition coefficient (Wildman–Crippen LogP) is 3.49. The number of hydrogen-bond acceptors (Lipinski definition) is 5. The SMILES string of the molecule is COC(=O)[C@@H](Cc1ccc(Cl)cc1)NC(=O)[C@@H](NC(=O)OCc1ccccc1)C(C)C. The van der Waals surface area contributed by atoms with E-state index < -0.39 is 30.1 Å². The third-order valence-corrected chi connectivity index (χ3v) is 4.84. The van der Waals surface area contributed by atoms with E-state index in [1.807, 2.05) is 30.3 Å². The number of rotatable bonds is 9. The molecule has 2 amide bonds. The number of methoxy groups -OCH3 is 1. The Morgan fingerprint density at radius 1 is 0.935 bits per heavy atom. The molecule has 0 aromatic heterocycles. The van der Waals surface area contributed by atoms with Crippen LogP contribution in [0.25, 0.3) is 0 Å². The van der Waals surface area contributed by atoms with Gasteiger partial charge in [0.25, 0.3) is 0 Å². The zero-order chi connectivity index (χ0) is 22.8. The van der Waals surface area contributed by atoms with E-state index in [1.165, 1.54) is 7.11 Å². The molecule has 7 nitrogen and oxygen atoms in total. The molecule has 166 valence electrons. The fraction of sp³-hybridized carbons (Fsp3) is 0.348. The summed E-state index contributed by atoms with van der Waals surface area (Å²) in [7, 11) is 1.25. The monoisotopic (exact) mass is 446 g/mol. The second-order valence-corrected chi connectivity index (χ2v) is 7.78. The van der Waals surface area contributed by atoms with Crippen molar-refractivity contribution in [2.45, 2.75) is 39.0 Å². The van der Waals surface area contributed by atoms with Gasteiger partial charge < -0.3 is 20.1 Å². The van der Waals surface area contributed by atoms with Crippen LogP contribution in [0.15, 0.2) is 54.6 Å². The molecule has 8 heteroatoms. The van der Waals surface area contributed by atoms with Crippen molar-refractivity contribution in [3.05, 3.63) is 70.7 Å². The standard InChI is InChI=1S/C23H27ClN2O5/c1-15(2)20(26-23(29)31-14-17-7-5-4-6-8-17)21(27)25-19(22(28)30-3)13-16-9-11-18(24)12-10-16/h4-12,15,19-20H,13-14H2,1-3H3,(H,25,27)(H,26,29)/t19-,20+/m1/s1. The smallest absolute Gasteiger partial charge is 0.408 e. The van der Waals surface area contributed by atoms with Crippen LogP contribution in [0.3, 0.4) is 0 Å². The fourth-order valence-electron chi connectivity index (χ4n) is 2.88. The molecule has 0 spiro atoms. The summed E-state index contributed by atoms with van der Waals surface area (Å²) >= 11 is 5.90. The van der Waals surface area contributed by atoms with Gasteiger partial charge in [0.15, 0.2) is 0 Å². The molecular weight excluding hydrogens is 420 g/mol. The molecule has 2 aromatic rings. The van der Waals surface area contributed by atoms with Crippen molar-refractivity contribution in [2.75, 3.05) is 7.11 Å². The van der Waals surface area contributed by atoms with Crippen LogP contribution in [-0.4, -0.2) is 37.2 Å². The summed E-state index contributed by atoms with van der Waals surface area (Å²) in [6, 6.07) is 14.3. The number of carbonyl (C=O) groups excluding carboxylic acids is 3. The minimum atomic E-state index is -0.915. The summed E-state index contributed by atoms with van der Waals surface area (Å²) in [5, 5.41) is 5.82. The Morgan fingerprint density at radius 2 is 1.58 bits per heavy atom. The Hall–Kier alpha value is -3.06. The summed E-state index contributed by atoms with van der Waals surface area (Å²) in [6.45, 7) is 3.66. The minimum Gasteiger partial charge on any atom is -0.467 e. The molecule has 2 N–H and O–H groups in total. The highest BCUT2D eigenvalue weighted by atomic mass is 35.5. The first kappa shape index (κ1) is 24.2. The van der Waals surface area contributed by atoms with E-state index in [4.69, 9.17) is 21.1 Å². The largest absolute Gasteiger partial charge is 0.467 e. The number of ether oxygens (including phenoxy) is 2. The molecule has 0 saturated heterocycles. The minimum absolute atomic E-state index is 0.0838. The number of amides is 2. The Kier molecular flexibility index (Phi) is 9.34. The highest BCUT2D eigenvalue weighted by Crippen LogP contribution is 2.12. The van der Waals surface area contributed by atoms with E-state index in [1.54, 1.807) is 38.1 Å². The molecule has 31 heavy (non-hydrogen) atoms. The second-order valence-electron chi connectivity index (χ2n) is 7.34. The molecule has 0 fully saturated rings. The van der Waals surface area contributed by atoms with Crippen LogP contribution in [0, 0.1) is 5.92 Å². The number of esters is 1. The van der Waals surface area contributed by atoms with Crippen LogP contribution in [0.4, 0.5) is 4.79 Å². The maximum atomic E-state index is 12.9. The van der Waals surface area contributed by atoms with Crippen LogP contribution >= 0.6 is 11.6 Å². The van der Waals surface area contributed by atoms with Crippen molar-refractivity contribution in [1.82, 2.24) is 10.6 Å². The molecule has 0 aliphatic rings. The van der Waals surface area contributed by atoms with Crippen molar-refractivity contribution in [2.24, 2.45) is 5.92 Å². The van der Waals surface area contributed by atoms with Gasteiger partial charge in [0.1, 0.15) is 18.7 Å². The van der Waals surface area contributed by atoms with Crippen LogP contribution in [-0.2, 0) is 32.1 Å². The number of nitrogens with one attached hydrogen (secondary N) is 2. The normalized spacial score (nSPS) is 12.5. The van der Waals surface area contributed by atoms with Gasteiger partial charge in [0.2, 0.25) is 5.91 Å². The molecule has 0 unspecified atom stereocenters. The third-order valence-electron chi connectivity index (χ3n) is 4.59. The number of benzene rings is 2. The van der Waals surface area contributed by atoms with Gasteiger partial charge in [0.05, 0.1) is 7.11 Å². The average molecular weight is 447 g/mol. The van der Waals surface area contributed by atoms with Gasteiger partial charge >= 0.3 is 12.1 Å².